The Morgan fingerprint density at radius 3 is 2.45 bits per heavy atom. The number of methoxy groups -OCH3 is 2. The lowest BCUT2D eigenvalue weighted by atomic mass is 10.1. The zero-order valence-corrected chi connectivity index (χ0v) is 12.7. The minimum atomic E-state index is -0.151. The zero-order chi connectivity index (χ0) is 15.1. The molecule has 1 rings (SSSR count). The third-order valence-electron chi connectivity index (χ3n) is 2.70. The highest BCUT2D eigenvalue weighted by atomic mass is 16.5. The molecular formula is C15H23NO4. The van der Waals surface area contributed by atoms with Crippen LogP contribution in [0, 0.1) is 0 Å². The van der Waals surface area contributed by atoms with E-state index in [2.05, 4.69) is 5.32 Å². The van der Waals surface area contributed by atoms with Crippen molar-refractivity contribution in [2.75, 3.05) is 20.8 Å². The SMILES string of the molecule is COCC(=O)N[C@@H](C)c1ccc(OC(C)C)c(OC)c1. The van der Waals surface area contributed by atoms with Crippen LogP contribution in [0.25, 0.3) is 0 Å². The number of carbonyl (C=O) groups is 1. The quantitative estimate of drug-likeness (QED) is 0.833. The van der Waals surface area contributed by atoms with Gasteiger partial charge in [0.2, 0.25) is 5.91 Å². The predicted octanol–water partition coefficient (Wildman–Crippen LogP) is 2.31. The van der Waals surface area contributed by atoms with Crippen LogP contribution in [0.3, 0.4) is 0 Å². The van der Waals surface area contributed by atoms with Gasteiger partial charge in [-0.2, -0.15) is 0 Å². The number of carbonyl (C=O) groups excluding carboxylic acids is 1. The molecule has 1 aromatic carbocycles. The summed E-state index contributed by atoms with van der Waals surface area (Å²) in [5.41, 5.74) is 0.947. The van der Waals surface area contributed by atoms with Gasteiger partial charge in [0.15, 0.2) is 11.5 Å². The molecule has 0 bridgehead atoms. The summed E-state index contributed by atoms with van der Waals surface area (Å²) in [5, 5.41) is 2.85. The van der Waals surface area contributed by atoms with Crippen LogP contribution in [0.2, 0.25) is 0 Å². The van der Waals surface area contributed by atoms with Crippen LogP contribution in [-0.4, -0.2) is 32.8 Å². The van der Waals surface area contributed by atoms with E-state index in [0.29, 0.717) is 11.5 Å². The lowest BCUT2D eigenvalue weighted by Gasteiger charge is -2.18. The summed E-state index contributed by atoms with van der Waals surface area (Å²) in [6.07, 6.45) is 0.0774. The Hall–Kier alpha value is -1.75. The topological polar surface area (TPSA) is 56.8 Å². The number of nitrogens with one attached hydrogen (secondary N) is 1. The van der Waals surface area contributed by atoms with Crippen LogP contribution >= 0.6 is 0 Å². The number of hydrogen-bond acceptors (Lipinski definition) is 4. The third-order valence-corrected chi connectivity index (χ3v) is 2.70. The van der Waals surface area contributed by atoms with E-state index in [9.17, 15) is 4.79 Å². The first kappa shape index (κ1) is 16.3. The van der Waals surface area contributed by atoms with Crippen LogP contribution in [-0.2, 0) is 9.53 Å². The molecule has 0 spiro atoms. The molecule has 20 heavy (non-hydrogen) atoms. The molecule has 0 aliphatic rings. The molecule has 0 saturated heterocycles. The monoisotopic (exact) mass is 281 g/mol. The Morgan fingerprint density at radius 2 is 1.90 bits per heavy atom. The first-order chi connectivity index (χ1) is 9.47. The largest absolute Gasteiger partial charge is 0.493 e. The summed E-state index contributed by atoms with van der Waals surface area (Å²) in [5.74, 6) is 1.20. The number of amides is 1. The van der Waals surface area contributed by atoms with Gasteiger partial charge in [0.1, 0.15) is 6.61 Å². The predicted molar refractivity (Wildman–Crippen MR) is 77.2 cm³/mol. The van der Waals surface area contributed by atoms with Gasteiger partial charge in [0, 0.05) is 7.11 Å². The van der Waals surface area contributed by atoms with Crippen molar-refractivity contribution in [3.05, 3.63) is 23.8 Å². The minimum absolute atomic E-state index is 0.0516. The van der Waals surface area contributed by atoms with Crippen molar-refractivity contribution < 1.29 is 19.0 Å². The van der Waals surface area contributed by atoms with Gasteiger partial charge in [0.25, 0.3) is 0 Å². The van der Waals surface area contributed by atoms with Gasteiger partial charge in [-0.3, -0.25) is 4.79 Å². The maximum atomic E-state index is 11.5. The molecular weight excluding hydrogens is 258 g/mol. The van der Waals surface area contributed by atoms with Crippen molar-refractivity contribution in [1.29, 1.82) is 0 Å². The fourth-order valence-corrected chi connectivity index (χ4v) is 1.80. The molecule has 5 heteroatoms. The van der Waals surface area contributed by atoms with E-state index in [0.717, 1.165) is 5.56 Å². The first-order valence-corrected chi connectivity index (χ1v) is 6.60. The van der Waals surface area contributed by atoms with E-state index in [1.165, 1.54) is 7.11 Å². The smallest absolute Gasteiger partial charge is 0.246 e. The Kier molecular flexibility index (Phi) is 6.31. The molecule has 0 radical (unpaired) electrons. The summed E-state index contributed by atoms with van der Waals surface area (Å²) in [4.78, 5) is 11.5. The summed E-state index contributed by atoms with van der Waals surface area (Å²) in [6, 6.07) is 5.51. The van der Waals surface area contributed by atoms with Crippen molar-refractivity contribution >= 4 is 5.91 Å². The number of ether oxygens (including phenoxy) is 3. The van der Waals surface area contributed by atoms with Crippen LogP contribution in [0.1, 0.15) is 32.4 Å². The van der Waals surface area contributed by atoms with Gasteiger partial charge in [-0.1, -0.05) is 6.07 Å². The lowest BCUT2D eigenvalue weighted by molar-refractivity contribution is -0.125. The molecule has 0 aliphatic carbocycles. The average molecular weight is 281 g/mol. The fraction of sp³-hybridized carbons (Fsp3) is 0.533. The van der Waals surface area contributed by atoms with Gasteiger partial charge in [-0.05, 0) is 38.5 Å². The Morgan fingerprint density at radius 1 is 1.20 bits per heavy atom. The van der Waals surface area contributed by atoms with Gasteiger partial charge < -0.3 is 19.5 Å². The molecule has 112 valence electrons. The molecule has 1 N–H and O–H groups in total. The Labute approximate surface area is 120 Å². The number of benzene rings is 1. The van der Waals surface area contributed by atoms with E-state index in [4.69, 9.17) is 14.2 Å². The minimum Gasteiger partial charge on any atom is -0.493 e. The molecule has 0 aliphatic heterocycles. The van der Waals surface area contributed by atoms with Crippen molar-refractivity contribution in [3.63, 3.8) is 0 Å². The second kappa shape index (κ2) is 7.75. The van der Waals surface area contributed by atoms with E-state index < -0.39 is 0 Å². The maximum absolute atomic E-state index is 11.5. The highest BCUT2D eigenvalue weighted by Gasteiger charge is 2.13. The van der Waals surface area contributed by atoms with Gasteiger partial charge in [-0.25, -0.2) is 0 Å². The Balaban J connectivity index is 2.83. The summed E-state index contributed by atoms with van der Waals surface area (Å²) in [7, 11) is 3.09. The molecule has 1 atom stereocenters. The van der Waals surface area contributed by atoms with Gasteiger partial charge in [-0.15, -0.1) is 0 Å². The summed E-state index contributed by atoms with van der Waals surface area (Å²) >= 11 is 0. The zero-order valence-electron chi connectivity index (χ0n) is 12.7. The summed E-state index contributed by atoms with van der Waals surface area (Å²) < 4.78 is 15.8. The molecule has 0 saturated carbocycles. The van der Waals surface area contributed by atoms with E-state index >= 15 is 0 Å². The molecule has 1 aromatic rings. The average Bonchev–Trinajstić information content (AvgIpc) is 2.38. The highest BCUT2D eigenvalue weighted by molar-refractivity contribution is 5.77. The lowest BCUT2D eigenvalue weighted by Crippen LogP contribution is -2.29. The second-order valence-electron chi connectivity index (χ2n) is 4.80. The van der Waals surface area contributed by atoms with E-state index in [-0.39, 0.29) is 24.7 Å². The van der Waals surface area contributed by atoms with Crippen LogP contribution in [0.15, 0.2) is 18.2 Å². The molecule has 5 nitrogen and oxygen atoms in total. The number of rotatable bonds is 7. The molecule has 0 heterocycles. The Bertz CT molecular complexity index is 445. The maximum Gasteiger partial charge on any atom is 0.246 e. The normalized spacial score (nSPS) is 12.1. The van der Waals surface area contributed by atoms with Gasteiger partial charge in [0.05, 0.1) is 19.3 Å². The van der Waals surface area contributed by atoms with Crippen molar-refractivity contribution in [3.8, 4) is 11.5 Å². The van der Waals surface area contributed by atoms with Crippen molar-refractivity contribution in [2.24, 2.45) is 0 Å². The highest BCUT2D eigenvalue weighted by Crippen LogP contribution is 2.31. The molecule has 0 fully saturated rings. The van der Waals surface area contributed by atoms with Crippen LogP contribution < -0.4 is 14.8 Å². The van der Waals surface area contributed by atoms with Crippen LogP contribution in [0.4, 0.5) is 0 Å². The standard InChI is InChI=1S/C15H23NO4/c1-10(2)20-13-7-6-12(8-14(13)19-5)11(3)16-15(17)9-18-4/h6-8,10-11H,9H2,1-5H3,(H,16,17)/t11-/m0/s1. The third kappa shape index (κ3) is 4.74. The van der Waals surface area contributed by atoms with E-state index in [1.54, 1.807) is 7.11 Å². The molecule has 0 unspecified atom stereocenters. The number of hydrogen-bond donors (Lipinski definition) is 1. The second-order valence-corrected chi connectivity index (χ2v) is 4.80. The summed E-state index contributed by atoms with van der Waals surface area (Å²) in [6.45, 7) is 5.88. The molecule has 1 amide bonds. The fourth-order valence-electron chi connectivity index (χ4n) is 1.80. The van der Waals surface area contributed by atoms with Crippen LogP contribution in [0.5, 0.6) is 11.5 Å². The molecule has 0 aromatic heterocycles. The van der Waals surface area contributed by atoms with Crippen molar-refractivity contribution in [2.45, 2.75) is 32.9 Å². The van der Waals surface area contributed by atoms with Crippen molar-refractivity contribution in [1.82, 2.24) is 5.32 Å². The van der Waals surface area contributed by atoms with E-state index in [1.807, 2.05) is 39.0 Å². The van der Waals surface area contributed by atoms with Gasteiger partial charge >= 0.3 is 0 Å². The first-order valence-electron chi connectivity index (χ1n) is 6.60.